The summed E-state index contributed by atoms with van der Waals surface area (Å²) in [4.78, 5) is 6.99. The molecule has 1 aromatic heterocycles. The van der Waals surface area contributed by atoms with Crippen molar-refractivity contribution < 1.29 is 8.42 Å². The third-order valence-corrected chi connectivity index (χ3v) is 6.37. The summed E-state index contributed by atoms with van der Waals surface area (Å²) in [5.74, 6) is 0.811. The van der Waals surface area contributed by atoms with Crippen molar-refractivity contribution in [3.63, 3.8) is 0 Å². The van der Waals surface area contributed by atoms with E-state index in [0.717, 1.165) is 41.7 Å². The SMILES string of the molecule is C=CCSc1nc2ccccc2n1CN1CCN(S(C)(=O)=O)CC1. The van der Waals surface area contributed by atoms with Crippen LogP contribution in [-0.4, -0.2) is 65.4 Å². The molecule has 0 atom stereocenters. The molecule has 1 fully saturated rings. The highest BCUT2D eigenvalue weighted by molar-refractivity contribution is 7.99. The molecule has 6 nitrogen and oxygen atoms in total. The summed E-state index contributed by atoms with van der Waals surface area (Å²) in [5, 5.41) is 0.974. The Morgan fingerprint density at radius 1 is 1.25 bits per heavy atom. The molecule has 0 spiro atoms. The van der Waals surface area contributed by atoms with Gasteiger partial charge in [-0.3, -0.25) is 4.90 Å². The summed E-state index contributed by atoms with van der Waals surface area (Å²) in [7, 11) is -3.09. The van der Waals surface area contributed by atoms with Gasteiger partial charge in [-0.15, -0.1) is 6.58 Å². The van der Waals surface area contributed by atoms with Crippen molar-refractivity contribution in [2.24, 2.45) is 0 Å². The zero-order chi connectivity index (χ0) is 17.2. The van der Waals surface area contributed by atoms with Crippen molar-refractivity contribution in [1.29, 1.82) is 0 Å². The molecule has 1 aliphatic heterocycles. The molecule has 8 heteroatoms. The standard InChI is InChI=1S/C16H22N4O2S2/c1-3-12-23-16-17-14-6-4-5-7-15(14)20(16)13-18-8-10-19(11-9-18)24(2,21)22/h3-7H,1,8-13H2,2H3. The summed E-state index contributed by atoms with van der Waals surface area (Å²) in [6.45, 7) is 7.03. The van der Waals surface area contributed by atoms with E-state index in [1.807, 2.05) is 24.3 Å². The lowest BCUT2D eigenvalue weighted by molar-refractivity contribution is 0.150. The smallest absolute Gasteiger partial charge is 0.211 e. The Bertz CT molecular complexity index is 824. The van der Waals surface area contributed by atoms with Crippen LogP contribution in [0.15, 0.2) is 42.1 Å². The number of thioether (sulfide) groups is 1. The number of fused-ring (bicyclic) bond motifs is 1. The number of imidazole rings is 1. The molecule has 0 radical (unpaired) electrons. The van der Waals surface area contributed by atoms with E-state index in [9.17, 15) is 8.42 Å². The number of sulfonamides is 1. The highest BCUT2D eigenvalue weighted by atomic mass is 32.2. The lowest BCUT2D eigenvalue weighted by Crippen LogP contribution is -2.48. The summed E-state index contributed by atoms with van der Waals surface area (Å²) in [6.07, 6.45) is 3.15. The Hall–Kier alpha value is -1.35. The molecule has 0 N–H and O–H groups in total. The highest BCUT2D eigenvalue weighted by Gasteiger charge is 2.24. The molecule has 24 heavy (non-hydrogen) atoms. The van der Waals surface area contributed by atoms with Crippen molar-refractivity contribution in [2.75, 3.05) is 38.2 Å². The Morgan fingerprint density at radius 3 is 2.62 bits per heavy atom. The summed E-state index contributed by atoms with van der Waals surface area (Å²) in [6, 6.07) is 8.11. The molecule has 0 bridgehead atoms. The van der Waals surface area contributed by atoms with Crippen molar-refractivity contribution in [3.8, 4) is 0 Å². The van der Waals surface area contributed by atoms with Gasteiger partial charge in [0, 0.05) is 31.9 Å². The summed E-state index contributed by atoms with van der Waals surface area (Å²) < 4.78 is 27.0. The van der Waals surface area contributed by atoms with Gasteiger partial charge in [-0.2, -0.15) is 4.31 Å². The number of benzene rings is 1. The topological polar surface area (TPSA) is 58.4 Å². The lowest BCUT2D eigenvalue weighted by Gasteiger charge is -2.33. The lowest BCUT2D eigenvalue weighted by atomic mass is 10.3. The van der Waals surface area contributed by atoms with Crippen LogP contribution in [0.1, 0.15) is 0 Å². The second kappa shape index (κ2) is 7.26. The second-order valence-corrected chi connectivity index (χ2v) is 8.80. The number of nitrogens with zero attached hydrogens (tertiary/aromatic N) is 4. The minimum atomic E-state index is -3.09. The van der Waals surface area contributed by atoms with Gasteiger partial charge in [0.15, 0.2) is 5.16 Å². The van der Waals surface area contributed by atoms with E-state index in [1.165, 1.54) is 6.26 Å². The number of rotatable bonds is 6. The first kappa shape index (κ1) is 17.5. The van der Waals surface area contributed by atoms with Crippen LogP contribution in [0.5, 0.6) is 0 Å². The molecule has 130 valence electrons. The number of hydrogen-bond donors (Lipinski definition) is 0. The predicted octanol–water partition coefficient (Wildman–Crippen LogP) is 1.85. The molecule has 0 unspecified atom stereocenters. The van der Waals surface area contributed by atoms with Gasteiger partial charge in [0.2, 0.25) is 10.0 Å². The zero-order valence-corrected chi connectivity index (χ0v) is 15.4. The minimum absolute atomic E-state index is 0.542. The van der Waals surface area contributed by atoms with Gasteiger partial charge in [-0.25, -0.2) is 13.4 Å². The molecule has 1 aromatic carbocycles. The van der Waals surface area contributed by atoms with Gasteiger partial charge in [-0.1, -0.05) is 30.0 Å². The number of piperazine rings is 1. The van der Waals surface area contributed by atoms with E-state index in [4.69, 9.17) is 4.98 Å². The number of aromatic nitrogens is 2. The van der Waals surface area contributed by atoms with Crippen LogP contribution in [0.4, 0.5) is 0 Å². The van der Waals surface area contributed by atoms with Crippen molar-refractivity contribution in [3.05, 3.63) is 36.9 Å². The Morgan fingerprint density at radius 2 is 1.96 bits per heavy atom. The Balaban J connectivity index is 1.78. The third kappa shape index (κ3) is 3.83. The molecule has 0 aliphatic carbocycles. The van der Waals surface area contributed by atoms with Crippen molar-refractivity contribution in [2.45, 2.75) is 11.8 Å². The average molecular weight is 367 g/mol. The largest absolute Gasteiger partial charge is 0.305 e. The van der Waals surface area contributed by atoms with E-state index in [-0.39, 0.29) is 0 Å². The maximum absolute atomic E-state index is 11.6. The molecule has 0 amide bonds. The van der Waals surface area contributed by atoms with E-state index < -0.39 is 10.0 Å². The molecule has 2 heterocycles. The molecule has 1 aliphatic rings. The Labute approximate surface area is 147 Å². The van der Waals surface area contributed by atoms with E-state index >= 15 is 0 Å². The van der Waals surface area contributed by atoms with Crippen LogP contribution in [-0.2, 0) is 16.7 Å². The quantitative estimate of drug-likeness (QED) is 0.577. The van der Waals surface area contributed by atoms with E-state index in [0.29, 0.717) is 13.1 Å². The fraction of sp³-hybridized carbons (Fsp3) is 0.438. The van der Waals surface area contributed by atoms with Gasteiger partial charge in [0.1, 0.15) is 0 Å². The monoisotopic (exact) mass is 366 g/mol. The van der Waals surface area contributed by atoms with Crippen LogP contribution in [0, 0.1) is 0 Å². The molecule has 0 saturated carbocycles. The molecular formula is C16H22N4O2S2. The van der Waals surface area contributed by atoms with Crippen LogP contribution >= 0.6 is 11.8 Å². The first-order chi connectivity index (χ1) is 11.5. The fourth-order valence-electron chi connectivity index (χ4n) is 2.84. The minimum Gasteiger partial charge on any atom is -0.305 e. The molecule has 3 rings (SSSR count). The third-order valence-electron chi connectivity index (χ3n) is 4.09. The van der Waals surface area contributed by atoms with Gasteiger partial charge < -0.3 is 4.57 Å². The van der Waals surface area contributed by atoms with Gasteiger partial charge in [0.05, 0.1) is 24.0 Å². The summed E-state index contributed by atoms with van der Waals surface area (Å²) in [5.41, 5.74) is 2.09. The van der Waals surface area contributed by atoms with Gasteiger partial charge in [0.25, 0.3) is 0 Å². The van der Waals surface area contributed by atoms with Crippen LogP contribution in [0.25, 0.3) is 11.0 Å². The molecular weight excluding hydrogens is 344 g/mol. The Kier molecular flexibility index (Phi) is 5.29. The van der Waals surface area contributed by atoms with E-state index in [1.54, 1.807) is 16.1 Å². The molecule has 1 saturated heterocycles. The molecule has 2 aromatic rings. The van der Waals surface area contributed by atoms with Crippen LogP contribution in [0.2, 0.25) is 0 Å². The van der Waals surface area contributed by atoms with Gasteiger partial charge in [-0.05, 0) is 12.1 Å². The summed E-state index contributed by atoms with van der Waals surface area (Å²) >= 11 is 1.67. The van der Waals surface area contributed by atoms with E-state index in [2.05, 4.69) is 22.1 Å². The van der Waals surface area contributed by atoms with Crippen molar-refractivity contribution >= 4 is 32.8 Å². The maximum Gasteiger partial charge on any atom is 0.211 e. The first-order valence-electron chi connectivity index (χ1n) is 7.85. The van der Waals surface area contributed by atoms with Crippen molar-refractivity contribution in [1.82, 2.24) is 18.8 Å². The fourth-order valence-corrected chi connectivity index (χ4v) is 4.40. The number of para-hydroxylation sites is 2. The normalized spacial score (nSPS) is 17.4. The van der Waals surface area contributed by atoms with Crippen LogP contribution in [0.3, 0.4) is 0 Å². The number of hydrogen-bond acceptors (Lipinski definition) is 5. The first-order valence-corrected chi connectivity index (χ1v) is 10.7. The van der Waals surface area contributed by atoms with Crippen LogP contribution < -0.4 is 0 Å². The predicted molar refractivity (Wildman–Crippen MR) is 98.6 cm³/mol. The second-order valence-electron chi connectivity index (χ2n) is 5.83. The zero-order valence-electron chi connectivity index (χ0n) is 13.8. The highest BCUT2D eigenvalue weighted by Crippen LogP contribution is 2.25. The average Bonchev–Trinajstić information content (AvgIpc) is 2.90. The van der Waals surface area contributed by atoms with Gasteiger partial charge >= 0.3 is 0 Å². The maximum atomic E-state index is 11.6.